The number of carbonyl (C=O) groups excluding carboxylic acids is 3. The third-order valence-corrected chi connectivity index (χ3v) is 3.81. The molecule has 0 saturated heterocycles. The summed E-state index contributed by atoms with van der Waals surface area (Å²) in [5.74, 6) is -3.35. The summed E-state index contributed by atoms with van der Waals surface area (Å²) in [7, 11) is 0. The standard InChI is InChI=1S/C14H22N6O5S/c15-8(1-2-11(16)21)12(22)19-9(3-7-4-17-6-18-7)13(23)20-10(5-26)14(24)25/h4,6,8-10,26H,1-3,5,15H2,(H2,16,21)(H,17,18)(H,19,22)(H,20,23)(H,24,25)/t8-,9-,10-/m0/s1. The molecule has 0 aliphatic carbocycles. The third-order valence-electron chi connectivity index (χ3n) is 3.45. The Bertz CT molecular complexity index is 638. The van der Waals surface area contributed by atoms with E-state index in [0.29, 0.717) is 5.69 Å². The average molecular weight is 386 g/mol. The number of rotatable bonds is 11. The normalized spacial score (nSPS) is 14.1. The molecule has 0 aliphatic heterocycles. The Hall–Kier alpha value is -2.60. The van der Waals surface area contributed by atoms with Crippen LogP contribution in [0.15, 0.2) is 12.5 Å². The molecule has 0 bridgehead atoms. The van der Waals surface area contributed by atoms with Crippen LogP contribution >= 0.6 is 12.6 Å². The Morgan fingerprint density at radius 2 is 1.88 bits per heavy atom. The number of H-pyrrole nitrogens is 1. The molecule has 3 amide bonds. The highest BCUT2D eigenvalue weighted by Crippen LogP contribution is 2.02. The number of aliphatic carboxylic acids is 1. The van der Waals surface area contributed by atoms with Crippen molar-refractivity contribution in [2.75, 3.05) is 5.75 Å². The lowest BCUT2D eigenvalue weighted by Crippen LogP contribution is -2.55. The lowest BCUT2D eigenvalue weighted by atomic mass is 10.1. The monoisotopic (exact) mass is 386 g/mol. The summed E-state index contributed by atoms with van der Waals surface area (Å²) >= 11 is 3.87. The van der Waals surface area contributed by atoms with Gasteiger partial charge in [0, 0.05) is 30.5 Å². The summed E-state index contributed by atoms with van der Waals surface area (Å²) in [5.41, 5.74) is 11.2. The molecule has 0 unspecified atom stereocenters. The van der Waals surface area contributed by atoms with Crippen LogP contribution in [0.3, 0.4) is 0 Å². The highest BCUT2D eigenvalue weighted by atomic mass is 32.1. The van der Waals surface area contributed by atoms with E-state index in [1.165, 1.54) is 12.5 Å². The number of imidazole rings is 1. The molecule has 0 radical (unpaired) electrons. The van der Waals surface area contributed by atoms with Crippen molar-refractivity contribution in [1.82, 2.24) is 20.6 Å². The zero-order valence-corrected chi connectivity index (χ0v) is 14.7. The molecule has 0 aliphatic rings. The van der Waals surface area contributed by atoms with Crippen molar-refractivity contribution < 1.29 is 24.3 Å². The number of aromatic nitrogens is 2. The molecule has 12 heteroatoms. The van der Waals surface area contributed by atoms with Gasteiger partial charge in [-0.15, -0.1) is 0 Å². The SMILES string of the molecule is NC(=O)CC[C@H](N)C(=O)N[C@@H](Cc1cnc[nH]1)C(=O)N[C@@H](CS)C(=O)O. The first-order valence-electron chi connectivity index (χ1n) is 7.70. The van der Waals surface area contributed by atoms with E-state index in [0.717, 1.165) is 0 Å². The summed E-state index contributed by atoms with van der Waals surface area (Å²) in [5, 5.41) is 13.8. The van der Waals surface area contributed by atoms with E-state index in [1.807, 2.05) is 0 Å². The zero-order valence-electron chi connectivity index (χ0n) is 13.8. The second kappa shape index (κ2) is 10.4. The molecule has 8 N–H and O–H groups in total. The summed E-state index contributed by atoms with van der Waals surface area (Å²) in [6.07, 6.45) is 2.85. The van der Waals surface area contributed by atoms with Crippen LogP contribution in [-0.4, -0.2) is 62.6 Å². The smallest absolute Gasteiger partial charge is 0.327 e. The van der Waals surface area contributed by atoms with Crippen molar-refractivity contribution >= 4 is 36.3 Å². The number of thiol groups is 1. The number of hydrogen-bond acceptors (Lipinski definition) is 7. The van der Waals surface area contributed by atoms with E-state index in [4.69, 9.17) is 16.6 Å². The minimum atomic E-state index is -1.25. The summed E-state index contributed by atoms with van der Waals surface area (Å²) in [6, 6.07) is -3.35. The average Bonchev–Trinajstić information content (AvgIpc) is 3.09. The third kappa shape index (κ3) is 7.11. The van der Waals surface area contributed by atoms with Gasteiger partial charge in [-0.05, 0) is 6.42 Å². The van der Waals surface area contributed by atoms with Crippen molar-refractivity contribution in [3.63, 3.8) is 0 Å². The lowest BCUT2D eigenvalue weighted by Gasteiger charge is -2.22. The zero-order chi connectivity index (χ0) is 19.7. The topological polar surface area (TPSA) is 193 Å². The molecule has 1 heterocycles. The van der Waals surface area contributed by atoms with Crippen molar-refractivity contribution in [3.8, 4) is 0 Å². The predicted molar refractivity (Wildman–Crippen MR) is 94.0 cm³/mol. The number of nitrogens with zero attached hydrogens (tertiary/aromatic N) is 1. The van der Waals surface area contributed by atoms with Gasteiger partial charge in [0.1, 0.15) is 12.1 Å². The molecule has 1 aromatic rings. The number of hydrogen-bond donors (Lipinski definition) is 7. The van der Waals surface area contributed by atoms with Gasteiger partial charge in [0.15, 0.2) is 0 Å². The Morgan fingerprint density at radius 1 is 1.23 bits per heavy atom. The van der Waals surface area contributed by atoms with E-state index in [1.54, 1.807) is 0 Å². The summed E-state index contributed by atoms with van der Waals surface area (Å²) in [6.45, 7) is 0. The van der Waals surface area contributed by atoms with Crippen LogP contribution in [-0.2, 0) is 25.6 Å². The molecule has 1 rings (SSSR count). The number of carboxylic acid groups (broad SMARTS) is 1. The largest absolute Gasteiger partial charge is 0.480 e. The van der Waals surface area contributed by atoms with Crippen molar-refractivity contribution in [2.24, 2.45) is 11.5 Å². The first kappa shape index (κ1) is 21.4. The number of carboxylic acids is 1. The minimum absolute atomic E-state index is 0.0218. The highest BCUT2D eigenvalue weighted by Gasteiger charge is 2.28. The maximum Gasteiger partial charge on any atom is 0.327 e. The Kier molecular flexibility index (Phi) is 8.58. The lowest BCUT2D eigenvalue weighted by molar-refractivity contribution is -0.141. The van der Waals surface area contributed by atoms with Gasteiger partial charge in [0.2, 0.25) is 17.7 Å². The van der Waals surface area contributed by atoms with Gasteiger partial charge < -0.3 is 32.2 Å². The van der Waals surface area contributed by atoms with Gasteiger partial charge >= 0.3 is 5.97 Å². The molecule has 0 aromatic carbocycles. The molecule has 11 nitrogen and oxygen atoms in total. The van der Waals surface area contributed by atoms with Gasteiger partial charge in [-0.25, -0.2) is 9.78 Å². The van der Waals surface area contributed by atoms with Gasteiger partial charge in [-0.2, -0.15) is 12.6 Å². The van der Waals surface area contributed by atoms with E-state index in [-0.39, 0.29) is 25.0 Å². The first-order valence-corrected chi connectivity index (χ1v) is 8.33. The number of aromatic amines is 1. The van der Waals surface area contributed by atoms with Crippen molar-refractivity contribution in [3.05, 3.63) is 18.2 Å². The van der Waals surface area contributed by atoms with Gasteiger partial charge in [-0.1, -0.05) is 0 Å². The number of nitrogens with one attached hydrogen (secondary N) is 3. The van der Waals surface area contributed by atoms with Crippen LogP contribution < -0.4 is 22.1 Å². The number of primary amides is 1. The second-order valence-corrected chi connectivity index (χ2v) is 5.90. The fourth-order valence-corrected chi connectivity index (χ4v) is 2.24. The van der Waals surface area contributed by atoms with E-state index >= 15 is 0 Å². The van der Waals surface area contributed by atoms with Crippen LogP contribution in [0.1, 0.15) is 18.5 Å². The van der Waals surface area contributed by atoms with Crippen molar-refractivity contribution in [2.45, 2.75) is 37.4 Å². The Balaban J connectivity index is 2.80. The number of nitrogens with two attached hydrogens (primary N) is 2. The fraction of sp³-hybridized carbons (Fsp3) is 0.500. The van der Waals surface area contributed by atoms with Gasteiger partial charge in [0.25, 0.3) is 0 Å². The van der Waals surface area contributed by atoms with Crippen LogP contribution in [0.2, 0.25) is 0 Å². The number of carbonyl (C=O) groups is 4. The highest BCUT2D eigenvalue weighted by molar-refractivity contribution is 7.80. The molecule has 0 fully saturated rings. The second-order valence-electron chi connectivity index (χ2n) is 5.54. The molecule has 0 spiro atoms. The number of amides is 3. The maximum absolute atomic E-state index is 12.4. The molecule has 0 saturated carbocycles. The molecular weight excluding hydrogens is 364 g/mol. The maximum atomic E-state index is 12.4. The molecule has 1 aromatic heterocycles. The van der Waals surface area contributed by atoms with Gasteiger partial charge in [0.05, 0.1) is 12.4 Å². The molecule has 144 valence electrons. The fourth-order valence-electron chi connectivity index (χ4n) is 1.99. The summed E-state index contributed by atoms with van der Waals surface area (Å²) < 4.78 is 0. The van der Waals surface area contributed by atoms with Crippen LogP contribution in [0.25, 0.3) is 0 Å². The molecular formula is C14H22N6O5S. The minimum Gasteiger partial charge on any atom is -0.480 e. The Labute approximate surface area is 154 Å². The van der Waals surface area contributed by atoms with E-state index in [2.05, 4.69) is 33.2 Å². The molecule has 3 atom stereocenters. The quantitative estimate of drug-likeness (QED) is 0.205. The van der Waals surface area contributed by atoms with Crippen LogP contribution in [0.5, 0.6) is 0 Å². The Morgan fingerprint density at radius 3 is 2.38 bits per heavy atom. The predicted octanol–water partition coefficient (Wildman–Crippen LogP) is -2.47. The van der Waals surface area contributed by atoms with Gasteiger partial charge in [-0.3, -0.25) is 14.4 Å². The first-order chi connectivity index (χ1) is 12.2. The van der Waals surface area contributed by atoms with Crippen LogP contribution in [0, 0.1) is 0 Å². The van der Waals surface area contributed by atoms with E-state index in [9.17, 15) is 19.2 Å². The molecule has 26 heavy (non-hydrogen) atoms. The van der Waals surface area contributed by atoms with Crippen molar-refractivity contribution in [1.29, 1.82) is 0 Å². The summed E-state index contributed by atoms with van der Waals surface area (Å²) in [4.78, 5) is 53.0. The van der Waals surface area contributed by atoms with E-state index < -0.39 is 41.8 Å². The van der Waals surface area contributed by atoms with Crippen LogP contribution in [0.4, 0.5) is 0 Å².